The van der Waals surface area contributed by atoms with Crippen molar-refractivity contribution >= 4 is 46.0 Å². The minimum Gasteiger partial charge on any atom is -0.405 e. The van der Waals surface area contributed by atoms with Crippen LogP contribution in [0.5, 0.6) is 5.88 Å². The number of hydrogen-bond donors (Lipinski definition) is 2. The molecule has 2 N–H and O–H groups in total. The Kier molecular flexibility index (Phi) is 9.85. The Hall–Kier alpha value is -0.510. The van der Waals surface area contributed by atoms with Crippen LogP contribution < -0.4 is 4.74 Å². The van der Waals surface area contributed by atoms with E-state index in [0.717, 1.165) is 0 Å². The van der Waals surface area contributed by atoms with Crippen molar-refractivity contribution in [3.8, 4) is 5.88 Å². The van der Waals surface area contributed by atoms with Crippen molar-refractivity contribution in [2.75, 3.05) is 5.33 Å². The van der Waals surface area contributed by atoms with Gasteiger partial charge in [-0.1, -0.05) is 32.9 Å². The third kappa shape index (κ3) is 6.31. The first-order valence-corrected chi connectivity index (χ1v) is 8.23. The Morgan fingerprint density at radius 3 is 2.27 bits per heavy atom. The molecule has 0 radical (unpaired) electrons. The van der Waals surface area contributed by atoms with Crippen LogP contribution in [0.3, 0.4) is 0 Å². The number of aromatic nitrogens is 2. The summed E-state index contributed by atoms with van der Waals surface area (Å²) in [7, 11) is 0. The highest BCUT2D eigenvalue weighted by Gasteiger charge is 2.19. The maximum atomic E-state index is 11.6. The molecule has 0 aromatic carbocycles. The summed E-state index contributed by atoms with van der Waals surface area (Å²) in [4.78, 5) is 19.8. The van der Waals surface area contributed by atoms with Crippen molar-refractivity contribution in [3.63, 3.8) is 0 Å². The summed E-state index contributed by atoms with van der Waals surface area (Å²) in [6, 6.07) is 0. The number of esters is 1. The van der Waals surface area contributed by atoms with E-state index in [1.165, 1.54) is 0 Å². The van der Waals surface area contributed by atoms with E-state index >= 15 is 0 Å². The third-order valence-electron chi connectivity index (χ3n) is 2.00. The van der Waals surface area contributed by atoms with Crippen molar-refractivity contribution < 1.29 is 38.8 Å². The van der Waals surface area contributed by atoms with Gasteiger partial charge in [0.2, 0.25) is 5.88 Å². The summed E-state index contributed by atoms with van der Waals surface area (Å²) in [6.45, 7) is 1.78. The van der Waals surface area contributed by atoms with Crippen LogP contribution >= 0.6 is 40.0 Å². The number of halogens is 1. The average molecular weight is 419 g/mol. The Bertz CT molecular complexity index is 495. The first kappa shape index (κ1) is 19.5. The summed E-state index contributed by atoms with van der Waals surface area (Å²) in [5.41, 5.74) is 0.376. The van der Waals surface area contributed by atoms with Gasteiger partial charge in [0.15, 0.2) is 10.1 Å². The van der Waals surface area contributed by atoms with Gasteiger partial charge in [0, 0.05) is 5.33 Å². The van der Waals surface area contributed by atoms with E-state index in [2.05, 4.69) is 44.6 Å². The van der Waals surface area contributed by atoms with Crippen LogP contribution in [0.25, 0.3) is 0 Å². The van der Waals surface area contributed by atoms with Crippen molar-refractivity contribution in [1.29, 1.82) is 0 Å². The van der Waals surface area contributed by atoms with E-state index in [9.17, 15) is 4.79 Å². The van der Waals surface area contributed by atoms with Gasteiger partial charge in [0.05, 0.1) is 30.5 Å². The summed E-state index contributed by atoms with van der Waals surface area (Å²) in [5, 5.41) is 24.0. The lowest BCUT2D eigenvalue weighted by atomic mass is 10.3. The first-order chi connectivity index (χ1) is 10.7. The highest BCUT2D eigenvalue weighted by molar-refractivity contribution is 9.09. The van der Waals surface area contributed by atoms with E-state index in [-0.39, 0.29) is 22.4 Å². The molecule has 0 spiro atoms. The van der Waals surface area contributed by atoms with E-state index in [1.54, 1.807) is 6.92 Å². The second-order valence-corrected chi connectivity index (χ2v) is 5.48. The zero-order valence-electron chi connectivity index (χ0n) is 11.1. The van der Waals surface area contributed by atoms with Crippen molar-refractivity contribution in [2.45, 2.75) is 29.8 Å². The smallest absolute Gasteiger partial charge is 0.313 e. The number of carbonyl (C=O) groups excluding carboxylic acids is 1. The molecule has 0 aliphatic carbocycles. The maximum Gasteiger partial charge on any atom is 0.313 e. The average Bonchev–Trinajstić information content (AvgIpc) is 2.51. The Balaban J connectivity index is 3.05. The molecule has 1 rings (SSSR count). The molecule has 0 unspecified atom stereocenters. The van der Waals surface area contributed by atoms with Crippen LogP contribution in [0.2, 0.25) is 0 Å². The highest BCUT2D eigenvalue weighted by atomic mass is 79.9. The molecule has 0 aliphatic rings. The fourth-order valence-corrected chi connectivity index (χ4v) is 2.39. The molecule has 0 aliphatic heterocycles. The number of nitrogens with zero attached hydrogens (tertiary/aromatic N) is 2. The number of rotatable bonds is 10. The second kappa shape index (κ2) is 11.1. The predicted molar refractivity (Wildman–Crippen MR) is 76.8 cm³/mol. The molecule has 1 aromatic rings. The van der Waals surface area contributed by atoms with Crippen molar-refractivity contribution in [1.82, 2.24) is 9.97 Å². The van der Waals surface area contributed by atoms with Gasteiger partial charge in [-0.3, -0.25) is 4.79 Å². The topological polar surface area (TPSA) is 129 Å². The predicted octanol–water partition coefficient (Wildman–Crippen LogP) is 2.59. The molecule has 0 saturated heterocycles. The molecule has 1 aromatic heterocycles. The fraction of sp³-hybridized carbons (Fsp3) is 0.444. The molecule has 22 heavy (non-hydrogen) atoms. The lowest BCUT2D eigenvalue weighted by Crippen LogP contribution is -2.12. The standard InChI is InChI=1S/C9H11BrN2O8S2/c1-2-5-7(16-6(13)3-4-10)12-9(22-20-18-15)8(11-5)21-19-17-14/h14-15H,2-4H2,1H3. The van der Waals surface area contributed by atoms with Gasteiger partial charge in [-0.15, -0.1) is 8.67 Å². The maximum absolute atomic E-state index is 11.6. The monoisotopic (exact) mass is 418 g/mol. The van der Waals surface area contributed by atoms with Crippen LogP contribution in [-0.4, -0.2) is 31.8 Å². The van der Waals surface area contributed by atoms with Gasteiger partial charge in [-0.25, -0.2) is 15.5 Å². The summed E-state index contributed by atoms with van der Waals surface area (Å²) >= 11 is 4.14. The van der Waals surface area contributed by atoms with Gasteiger partial charge in [0.25, 0.3) is 0 Å². The van der Waals surface area contributed by atoms with E-state index in [1.807, 2.05) is 0 Å². The molecule has 10 nitrogen and oxygen atoms in total. The van der Waals surface area contributed by atoms with Crippen molar-refractivity contribution in [2.24, 2.45) is 0 Å². The lowest BCUT2D eigenvalue weighted by molar-refractivity contribution is -0.432. The Morgan fingerprint density at radius 1 is 1.18 bits per heavy atom. The highest BCUT2D eigenvalue weighted by Crippen LogP contribution is 2.32. The largest absolute Gasteiger partial charge is 0.405 e. The van der Waals surface area contributed by atoms with Gasteiger partial charge >= 0.3 is 5.97 Å². The van der Waals surface area contributed by atoms with Crippen LogP contribution in [0, 0.1) is 0 Å². The number of aryl methyl sites for hydroxylation is 1. The third-order valence-corrected chi connectivity index (χ3v) is 3.67. The summed E-state index contributed by atoms with van der Waals surface area (Å²) < 4.78 is 13.7. The SMILES string of the molecule is CCc1nc(SOOO)c(SOOO)nc1OC(=O)CCBr. The molecular formula is C9H11BrN2O8S2. The molecule has 0 saturated carbocycles. The van der Waals surface area contributed by atoms with E-state index in [0.29, 0.717) is 41.5 Å². The molecule has 0 amide bonds. The summed E-state index contributed by atoms with van der Waals surface area (Å²) in [6.07, 6.45) is 0.571. The van der Waals surface area contributed by atoms with E-state index < -0.39 is 5.97 Å². The molecule has 0 fully saturated rings. The van der Waals surface area contributed by atoms with Crippen molar-refractivity contribution in [3.05, 3.63) is 5.69 Å². The molecule has 0 bridgehead atoms. The molecule has 124 valence electrons. The number of hydrogen-bond acceptors (Lipinski definition) is 12. The first-order valence-electron chi connectivity index (χ1n) is 5.63. The van der Waals surface area contributed by atoms with Gasteiger partial charge in [0.1, 0.15) is 5.69 Å². The Morgan fingerprint density at radius 2 is 1.77 bits per heavy atom. The minimum atomic E-state index is -0.494. The lowest BCUT2D eigenvalue weighted by Gasteiger charge is -2.10. The summed E-state index contributed by atoms with van der Waals surface area (Å²) in [5.74, 6) is -0.502. The number of alkyl halides is 1. The van der Waals surface area contributed by atoms with Crippen LogP contribution in [-0.2, 0) is 30.0 Å². The van der Waals surface area contributed by atoms with Gasteiger partial charge in [-0.2, -0.15) is 4.98 Å². The zero-order valence-corrected chi connectivity index (χ0v) is 14.3. The number of ether oxygens (including phenoxy) is 1. The van der Waals surface area contributed by atoms with Gasteiger partial charge in [-0.05, 0) is 6.42 Å². The number of carbonyl (C=O) groups is 1. The Labute approximate surface area is 141 Å². The van der Waals surface area contributed by atoms with Crippen LogP contribution in [0.1, 0.15) is 19.0 Å². The normalized spacial score (nSPS) is 10.7. The quantitative estimate of drug-likeness (QED) is 0.190. The second-order valence-electron chi connectivity index (χ2n) is 3.30. The molecule has 13 heteroatoms. The zero-order chi connectivity index (χ0) is 16.4. The molecule has 0 atom stereocenters. The van der Waals surface area contributed by atoms with Crippen LogP contribution in [0.4, 0.5) is 0 Å². The minimum absolute atomic E-state index is 0.00763. The molecular weight excluding hydrogens is 408 g/mol. The van der Waals surface area contributed by atoms with E-state index in [4.69, 9.17) is 15.3 Å². The fourth-order valence-electron chi connectivity index (χ4n) is 1.17. The van der Waals surface area contributed by atoms with Crippen LogP contribution in [0.15, 0.2) is 10.1 Å². The van der Waals surface area contributed by atoms with Gasteiger partial charge < -0.3 is 4.74 Å². The molecule has 1 heterocycles.